The Morgan fingerprint density at radius 2 is 1.96 bits per heavy atom. The molecule has 0 amide bonds. The van der Waals surface area contributed by atoms with Gasteiger partial charge in [0, 0.05) is 36.8 Å². The number of imidazole rings is 1. The highest BCUT2D eigenvalue weighted by Gasteiger charge is 2.20. The second-order valence-electron chi connectivity index (χ2n) is 7.04. The molecule has 0 saturated carbocycles. The van der Waals surface area contributed by atoms with Crippen molar-refractivity contribution in [2.75, 3.05) is 13.6 Å². The van der Waals surface area contributed by atoms with Crippen molar-refractivity contribution < 1.29 is 0 Å². The average Bonchev–Trinajstić information content (AvgIpc) is 3.23. The van der Waals surface area contributed by atoms with Crippen molar-refractivity contribution in [1.29, 1.82) is 0 Å². The summed E-state index contributed by atoms with van der Waals surface area (Å²) in [7, 11) is 1.80. The second-order valence-corrected chi connectivity index (χ2v) is 7.91. The maximum absolute atomic E-state index is 4.59. The molecule has 0 atom stereocenters. The zero-order chi connectivity index (χ0) is 18.6. The molecule has 0 aliphatic heterocycles. The van der Waals surface area contributed by atoms with Crippen LogP contribution in [0.5, 0.6) is 0 Å². The summed E-state index contributed by atoms with van der Waals surface area (Å²) in [6.07, 6.45) is 5.14. The van der Waals surface area contributed by atoms with Gasteiger partial charge in [-0.05, 0) is 17.5 Å². The predicted octanol–water partition coefficient (Wildman–Crippen LogP) is 4.22. The van der Waals surface area contributed by atoms with E-state index < -0.39 is 0 Å². The number of fused-ring (bicyclic) bond motifs is 1. The van der Waals surface area contributed by atoms with Crippen molar-refractivity contribution in [3.8, 4) is 0 Å². The van der Waals surface area contributed by atoms with Gasteiger partial charge in [-0.15, -0.1) is 35.3 Å². The van der Waals surface area contributed by atoms with Gasteiger partial charge in [0.25, 0.3) is 0 Å². The number of halogens is 1. The number of benzene rings is 1. The maximum Gasteiger partial charge on any atom is 0.193 e. The van der Waals surface area contributed by atoms with Crippen LogP contribution in [0.25, 0.3) is 4.96 Å². The number of guanidine groups is 1. The minimum absolute atomic E-state index is 0. The maximum atomic E-state index is 4.59. The Hall–Kier alpha value is -1.61. The molecule has 0 saturated heterocycles. The first-order valence-electron chi connectivity index (χ1n) is 8.97. The zero-order valence-corrected chi connectivity index (χ0v) is 19.5. The van der Waals surface area contributed by atoms with Gasteiger partial charge in [0.15, 0.2) is 10.9 Å². The van der Waals surface area contributed by atoms with Gasteiger partial charge in [0.2, 0.25) is 0 Å². The Bertz CT molecular complexity index is 851. The van der Waals surface area contributed by atoms with Crippen LogP contribution in [0.15, 0.2) is 47.0 Å². The fraction of sp³-hybridized carbons (Fsp3) is 0.400. The van der Waals surface area contributed by atoms with E-state index in [0.29, 0.717) is 6.54 Å². The molecule has 7 heteroatoms. The quantitative estimate of drug-likeness (QED) is 0.305. The van der Waals surface area contributed by atoms with Crippen LogP contribution >= 0.6 is 35.3 Å². The smallest absolute Gasteiger partial charge is 0.193 e. The first-order valence-corrected chi connectivity index (χ1v) is 9.85. The molecular weight excluding hydrogens is 469 g/mol. The molecular formula is C20H28IN5S. The van der Waals surface area contributed by atoms with Crippen LogP contribution in [0.3, 0.4) is 0 Å². The van der Waals surface area contributed by atoms with E-state index in [1.54, 1.807) is 18.4 Å². The van der Waals surface area contributed by atoms with Gasteiger partial charge in [0.05, 0.1) is 12.2 Å². The topological polar surface area (TPSA) is 53.7 Å². The predicted molar refractivity (Wildman–Crippen MR) is 126 cm³/mol. The van der Waals surface area contributed by atoms with E-state index in [1.165, 1.54) is 11.1 Å². The first-order chi connectivity index (χ1) is 12.5. The van der Waals surface area contributed by atoms with Crippen LogP contribution in [0.2, 0.25) is 0 Å². The third-order valence-corrected chi connectivity index (χ3v) is 5.42. The van der Waals surface area contributed by atoms with Crippen LogP contribution < -0.4 is 10.6 Å². The van der Waals surface area contributed by atoms with Gasteiger partial charge in [-0.1, -0.05) is 45.0 Å². The molecule has 5 nitrogen and oxygen atoms in total. The van der Waals surface area contributed by atoms with Crippen molar-refractivity contribution in [2.45, 2.75) is 39.2 Å². The molecule has 0 fully saturated rings. The fourth-order valence-electron chi connectivity index (χ4n) is 2.85. The van der Waals surface area contributed by atoms with Gasteiger partial charge in [-0.2, -0.15) is 0 Å². The van der Waals surface area contributed by atoms with E-state index in [1.807, 2.05) is 22.2 Å². The minimum atomic E-state index is 0. The van der Waals surface area contributed by atoms with Crippen LogP contribution in [-0.4, -0.2) is 28.9 Å². The number of aliphatic imine (C=N–C) groups is 1. The first kappa shape index (κ1) is 21.7. The van der Waals surface area contributed by atoms with Crippen molar-refractivity contribution in [3.05, 3.63) is 58.9 Å². The molecule has 0 aliphatic carbocycles. The second kappa shape index (κ2) is 9.54. The number of hydrogen-bond acceptors (Lipinski definition) is 3. The Kier molecular flexibility index (Phi) is 7.67. The van der Waals surface area contributed by atoms with Crippen LogP contribution in [0.1, 0.15) is 37.6 Å². The number of aromatic nitrogens is 2. The number of rotatable bonds is 6. The third-order valence-electron chi connectivity index (χ3n) is 4.65. The molecule has 0 bridgehead atoms. The summed E-state index contributed by atoms with van der Waals surface area (Å²) in [5.74, 6) is 0.791. The van der Waals surface area contributed by atoms with E-state index in [2.05, 4.69) is 65.6 Å². The van der Waals surface area contributed by atoms with E-state index in [0.717, 1.165) is 29.6 Å². The average molecular weight is 497 g/mol. The Balaban J connectivity index is 0.00000261. The van der Waals surface area contributed by atoms with E-state index in [-0.39, 0.29) is 29.4 Å². The molecule has 0 spiro atoms. The summed E-state index contributed by atoms with van der Waals surface area (Å²) in [5, 5.41) is 8.82. The summed E-state index contributed by atoms with van der Waals surface area (Å²) < 4.78 is 2.04. The lowest BCUT2D eigenvalue weighted by Crippen LogP contribution is -2.43. The molecule has 146 valence electrons. The summed E-state index contributed by atoms with van der Waals surface area (Å²) in [4.78, 5) is 9.93. The van der Waals surface area contributed by atoms with Gasteiger partial charge in [0.1, 0.15) is 0 Å². The van der Waals surface area contributed by atoms with Crippen LogP contribution in [0.4, 0.5) is 0 Å². The standard InChI is InChI=1S/C20H27N5S.HI/c1-5-15-6-8-16(9-7-15)20(2,3)14-23-18(21-4)22-12-17-13-25-10-11-26-19(25)24-17;/h6-11,13H,5,12,14H2,1-4H3,(H2,21,22,23);1H. The highest BCUT2D eigenvalue weighted by molar-refractivity contribution is 14.0. The lowest BCUT2D eigenvalue weighted by atomic mass is 9.84. The van der Waals surface area contributed by atoms with Crippen molar-refractivity contribution in [1.82, 2.24) is 20.0 Å². The van der Waals surface area contributed by atoms with E-state index >= 15 is 0 Å². The van der Waals surface area contributed by atoms with Crippen LogP contribution in [0, 0.1) is 0 Å². The monoisotopic (exact) mass is 497 g/mol. The Morgan fingerprint density at radius 3 is 2.59 bits per heavy atom. The molecule has 2 heterocycles. The fourth-order valence-corrected chi connectivity index (χ4v) is 3.57. The van der Waals surface area contributed by atoms with Crippen molar-refractivity contribution >= 4 is 46.2 Å². The highest BCUT2D eigenvalue weighted by atomic mass is 127. The molecule has 3 rings (SSSR count). The van der Waals surface area contributed by atoms with Gasteiger partial charge < -0.3 is 10.6 Å². The molecule has 0 radical (unpaired) electrons. The van der Waals surface area contributed by atoms with Gasteiger partial charge >= 0.3 is 0 Å². The number of hydrogen-bond donors (Lipinski definition) is 2. The molecule has 3 aromatic rings. The molecule has 2 N–H and O–H groups in total. The number of aryl methyl sites for hydroxylation is 1. The van der Waals surface area contributed by atoms with E-state index in [9.17, 15) is 0 Å². The van der Waals surface area contributed by atoms with Gasteiger partial charge in [-0.25, -0.2) is 4.98 Å². The SMILES string of the molecule is CCc1ccc(C(C)(C)CNC(=NC)NCc2cn3ccsc3n2)cc1.I. The summed E-state index contributed by atoms with van der Waals surface area (Å²) in [5.41, 5.74) is 3.72. The molecule has 2 aromatic heterocycles. The number of nitrogens with one attached hydrogen (secondary N) is 2. The highest BCUT2D eigenvalue weighted by Crippen LogP contribution is 2.22. The summed E-state index contributed by atoms with van der Waals surface area (Å²) in [6.45, 7) is 8.13. The molecule has 1 aromatic carbocycles. The number of thiazole rings is 1. The zero-order valence-electron chi connectivity index (χ0n) is 16.3. The third kappa shape index (κ3) is 5.44. The van der Waals surface area contributed by atoms with Crippen molar-refractivity contribution in [2.24, 2.45) is 4.99 Å². The Labute approximate surface area is 182 Å². The largest absolute Gasteiger partial charge is 0.356 e. The minimum Gasteiger partial charge on any atom is -0.356 e. The summed E-state index contributed by atoms with van der Waals surface area (Å²) >= 11 is 1.64. The van der Waals surface area contributed by atoms with Gasteiger partial charge in [-0.3, -0.25) is 9.39 Å². The molecule has 0 aliphatic rings. The Morgan fingerprint density at radius 1 is 1.22 bits per heavy atom. The van der Waals surface area contributed by atoms with Crippen LogP contribution in [-0.2, 0) is 18.4 Å². The van der Waals surface area contributed by atoms with E-state index in [4.69, 9.17) is 0 Å². The normalized spacial score (nSPS) is 12.1. The number of nitrogens with zero attached hydrogens (tertiary/aromatic N) is 3. The summed E-state index contributed by atoms with van der Waals surface area (Å²) in [6, 6.07) is 8.90. The lowest BCUT2D eigenvalue weighted by Gasteiger charge is -2.27. The molecule has 27 heavy (non-hydrogen) atoms. The van der Waals surface area contributed by atoms with Crippen molar-refractivity contribution in [3.63, 3.8) is 0 Å². The molecule has 0 unspecified atom stereocenters. The lowest BCUT2D eigenvalue weighted by molar-refractivity contribution is 0.508.